The maximum absolute atomic E-state index is 13.8. The lowest BCUT2D eigenvalue weighted by molar-refractivity contribution is -0.143. The molecule has 3 atom stereocenters. The number of halogens is 6. The number of rotatable bonds is 12. The lowest BCUT2D eigenvalue weighted by Gasteiger charge is -2.44. The van der Waals surface area contributed by atoms with Crippen LogP contribution in [0.4, 0.5) is 26.3 Å². The molecule has 0 radical (unpaired) electrons. The van der Waals surface area contributed by atoms with Gasteiger partial charge in [0.15, 0.2) is 6.79 Å². The van der Waals surface area contributed by atoms with Crippen molar-refractivity contribution < 1.29 is 50.1 Å². The summed E-state index contributed by atoms with van der Waals surface area (Å²) >= 11 is 0. The van der Waals surface area contributed by atoms with Gasteiger partial charge in [-0.1, -0.05) is 12.1 Å². The van der Waals surface area contributed by atoms with E-state index < -0.39 is 41.0 Å². The van der Waals surface area contributed by atoms with Crippen molar-refractivity contribution in [3.8, 4) is 5.75 Å². The minimum Gasteiger partial charge on any atom is -0.467 e. The number of piperazine rings is 1. The van der Waals surface area contributed by atoms with Crippen LogP contribution in [0.3, 0.4) is 0 Å². The summed E-state index contributed by atoms with van der Waals surface area (Å²) in [5.74, 6) is -0.315. The second-order valence-electron chi connectivity index (χ2n) is 12.2. The smallest absolute Gasteiger partial charge is 0.416 e. The summed E-state index contributed by atoms with van der Waals surface area (Å²) in [6.45, 7) is 10.4. The molecule has 1 amide bonds. The predicted octanol–water partition coefficient (Wildman–Crippen LogP) is 5.51. The second kappa shape index (κ2) is 16.0. The van der Waals surface area contributed by atoms with Gasteiger partial charge in [-0.25, -0.2) is 0 Å². The zero-order valence-corrected chi connectivity index (χ0v) is 27.1. The van der Waals surface area contributed by atoms with Crippen molar-refractivity contribution in [2.75, 3.05) is 73.1 Å². The van der Waals surface area contributed by atoms with Gasteiger partial charge < -0.3 is 23.8 Å². The number of aryl methyl sites for hydroxylation is 1. The number of hydrogen-bond acceptors (Lipinski definition) is 7. The predicted molar refractivity (Wildman–Crippen MR) is 162 cm³/mol. The van der Waals surface area contributed by atoms with Crippen LogP contribution in [0.2, 0.25) is 0 Å². The molecule has 14 heteroatoms. The number of methoxy groups -OCH3 is 1. The molecule has 2 aromatic rings. The van der Waals surface area contributed by atoms with Crippen LogP contribution in [0.5, 0.6) is 5.75 Å². The van der Waals surface area contributed by atoms with Crippen LogP contribution in [0.25, 0.3) is 0 Å². The number of carbonyl (C=O) groups excluding carboxylic acids is 1. The first-order chi connectivity index (χ1) is 22.2. The van der Waals surface area contributed by atoms with E-state index in [1.54, 1.807) is 7.11 Å². The minimum absolute atomic E-state index is 0.00899. The fourth-order valence-electron chi connectivity index (χ4n) is 6.05. The molecule has 2 aliphatic heterocycles. The number of benzene rings is 2. The molecule has 4 rings (SSSR count). The molecular weight excluding hydrogens is 632 g/mol. The number of alkyl halides is 6. The monoisotopic (exact) mass is 675 g/mol. The first kappa shape index (κ1) is 36.9. The Balaban J connectivity index is 1.59. The van der Waals surface area contributed by atoms with E-state index in [4.69, 9.17) is 18.9 Å². The molecular formula is C33H43F6N3O5. The third kappa shape index (κ3) is 10.0. The van der Waals surface area contributed by atoms with Crippen molar-refractivity contribution in [2.45, 2.75) is 57.7 Å². The van der Waals surface area contributed by atoms with Crippen molar-refractivity contribution in [3.05, 3.63) is 64.2 Å². The number of amides is 1. The summed E-state index contributed by atoms with van der Waals surface area (Å²) in [7, 11) is 1.56. The summed E-state index contributed by atoms with van der Waals surface area (Å²) in [6.07, 6.45) is -9.82. The number of morpholine rings is 1. The van der Waals surface area contributed by atoms with Gasteiger partial charge in [0.2, 0.25) is 0 Å². The van der Waals surface area contributed by atoms with Gasteiger partial charge in [0.05, 0.1) is 37.6 Å². The Morgan fingerprint density at radius 3 is 2.19 bits per heavy atom. The highest BCUT2D eigenvalue weighted by Crippen LogP contribution is 2.37. The highest BCUT2D eigenvalue weighted by molar-refractivity contribution is 5.95. The molecule has 262 valence electrons. The average molecular weight is 676 g/mol. The molecule has 0 spiro atoms. The molecule has 0 bridgehead atoms. The zero-order chi connectivity index (χ0) is 34.4. The van der Waals surface area contributed by atoms with Crippen LogP contribution in [0.1, 0.15) is 46.5 Å². The SMILES string of the molecule is COCCOCOc1cc(C[C@@H]2CN(CCN3[C@@H](C)COC[C@@H]3C)CCN2C(=O)c2cc(C(F)(F)F)cc(C(F)(F)F)c2)ccc1C. The van der Waals surface area contributed by atoms with E-state index in [9.17, 15) is 31.1 Å². The van der Waals surface area contributed by atoms with Gasteiger partial charge in [0.1, 0.15) is 5.75 Å². The maximum Gasteiger partial charge on any atom is 0.416 e. The molecule has 0 aromatic heterocycles. The lowest BCUT2D eigenvalue weighted by Crippen LogP contribution is -2.58. The van der Waals surface area contributed by atoms with E-state index in [0.717, 1.165) is 17.7 Å². The van der Waals surface area contributed by atoms with Crippen molar-refractivity contribution in [1.82, 2.24) is 14.7 Å². The van der Waals surface area contributed by atoms with Crippen LogP contribution in [0, 0.1) is 6.92 Å². The molecule has 2 aromatic carbocycles. The van der Waals surface area contributed by atoms with Crippen molar-refractivity contribution in [2.24, 2.45) is 0 Å². The van der Waals surface area contributed by atoms with Gasteiger partial charge in [-0.15, -0.1) is 0 Å². The molecule has 2 saturated heterocycles. The molecule has 8 nitrogen and oxygen atoms in total. The van der Waals surface area contributed by atoms with Crippen LogP contribution < -0.4 is 4.74 Å². The normalized spacial score (nSPS) is 21.7. The Labute approximate surface area is 271 Å². The first-order valence-corrected chi connectivity index (χ1v) is 15.6. The summed E-state index contributed by atoms with van der Waals surface area (Å²) < 4.78 is 104. The average Bonchev–Trinajstić information content (AvgIpc) is 3.01. The van der Waals surface area contributed by atoms with Crippen molar-refractivity contribution >= 4 is 5.91 Å². The number of carbonyl (C=O) groups is 1. The molecule has 0 N–H and O–H groups in total. The summed E-state index contributed by atoms with van der Waals surface area (Å²) in [6, 6.07) is 6.51. The van der Waals surface area contributed by atoms with E-state index in [1.165, 1.54) is 4.90 Å². The summed E-state index contributed by atoms with van der Waals surface area (Å²) in [5, 5.41) is 0. The molecule has 2 aliphatic rings. The zero-order valence-electron chi connectivity index (χ0n) is 27.1. The summed E-state index contributed by atoms with van der Waals surface area (Å²) in [5.41, 5.74) is -2.05. The fourth-order valence-corrected chi connectivity index (χ4v) is 6.05. The molecule has 2 heterocycles. The maximum atomic E-state index is 13.8. The quantitative estimate of drug-likeness (QED) is 0.167. The Morgan fingerprint density at radius 1 is 0.915 bits per heavy atom. The minimum atomic E-state index is -5.06. The van der Waals surface area contributed by atoms with Gasteiger partial charge in [0, 0.05) is 63.5 Å². The van der Waals surface area contributed by atoms with Gasteiger partial charge in [-0.05, 0) is 62.6 Å². The Morgan fingerprint density at radius 2 is 1.57 bits per heavy atom. The number of hydrogen-bond donors (Lipinski definition) is 0. The third-order valence-electron chi connectivity index (χ3n) is 8.64. The van der Waals surface area contributed by atoms with Crippen LogP contribution in [-0.2, 0) is 33.0 Å². The Kier molecular flexibility index (Phi) is 12.6. The Hall–Kier alpha value is -2.91. The van der Waals surface area contributed by atoms with Gasteiger partial charge >= 0.3 is 12.4 Å². The van der Waals surface area contributed by atoms with E-state index in [-0.39, 0.29) is 31.5 Å². The van der Waals surface area contributed by atoms with E-state index in [2.05, 4.69) is 23.6 Å². The highest BCUT2D eigenvalue weighted by Gasteiger charge is 2.39. The molecule has 0 unspecified atom stereocenters. The first-order valence-electron chi connectivity index (χ1n) is 15.6. The number of ether oxygens (including phenoxy) is 4. The number of nitrogens with zero attached hydrogens (tertiary/aromatic N) is 3. The van der Waals surface area contributed by atoms with Crippen LogP contribution >= 0.6 is 0 Å². The second-order valence-corrected chi connectivity index (χ2v) is 12.2. The summed E-state index contributed by atoms with van der Waals surface area (Å²) in [4.78, 5) is 19.8. The third-order valence-corrected chi connectivity index (χ3v) is 8.64. The molecule has 0 aliphatic carbocycles. The molecule has 47 heavy (non-hydrogen) atoms. The van der Waals surface area contributed by atoms with E-state index >= 15 is 0 Å². The Bertz CT molecular complexity index is 1300. The fraction of sp³-hybridized carbons (Fsp3) is 0.606. The van der Waals surface area contributed by atoms with E-state index in [0.29, 0.717) is 70.4 Å². The topological polar surface area (TPSA) is 63.7 Å². The standard InChI is InChI=1S/C33H43F6N3O5/c1-22-5-6-25(14-30(22)47-21-45-12-11-44-4)13-29-18-40(7-9-41-23(2)19-46-20-24(41)3)8-10-42(29)31(43)26-15-27(32(34,35)36)17-28(16-26)33(37,38)39/h5-6,14-17,23-24,29H,7-13,18-21H2,1-4H3/t23-,24-,29+/m0/s1. The van der Waals surface area contributed by atoms with Crippen molar-refractivity contribution in [3.63, 3.8) is 0 Å². The van der Waals surface area contributed by atoms with Crippen LogP contribution in [-0.4, -0.2) is 112 Å². The largest absolute Gasteiger partial charge is 0.467 e. The highest BCUT2D eigenvalue weighted by atomic mass is 19.4. The molecule has 0 saturated carbocycles. The molecule has 2 fully saturated rings. The van der Waals surface area contributed by atoms with Gasteiger partial charge in [-0.2, -0.15) is 26.3 Å². The van der Waals surface area contributed by atoms with Crippen LogP contribution in [0.15, 0.2) is 36.4 Å². The van der Waals surface area contributed by atoms with Crippen molar-refractivity contribution in [1.29, 1.82) is 0 Å². The van der Waals surface area contributed by atoms with Gasteiger partial charge in [-0.3, -0.25) is 14.6 Å². The lowest BCUT2D eigenvalue weighted by atomic mass is 9.98. The van der Waals surface area contributed by atoms with E-state index in [1.807, 2.05) is 25.1 Å². The van der Waals surface area contributed by atoms with Gasteiger partial charge in [0.25, 0.3) is 5.91 Å².